The molecule has 162 valence electrons. The predicted octanol–water partition coefficient (Wildman–Crippen LogP) is 3.20. The molecular weight excluding hydrogens is 436 g/mol. The smallest absolute Gasteiger partial charge is 0.261 e. The van der Waals surface area contributed by atoms with Crippen molar-refractivity contribution in [2.75, 3.05) is 26.3 Å². The number of nitrogens with one attached hydrogen (secondary N) is 2. The van der Waals surface area contributed by atoms with Gasteiger partial charge in [-0.25, -0.2) is 13.1 Å². The SMILES string of the molecule is Cc1ccc(S(=O)(=O)NCCNC(=O)c2ccc(-c3ccc4c(c3)OCCO4)s2)cc1. The van der Waals surface area contributed by atoms with Crippen LogP contribution in [0.4, 0.5) is 0 Å². The number of benzene rings is 2. The van der Waals surface area contributed by atoms with Gasteiger partial charge in [-0.15, -0.1) is 11.3 Å². The summed E-state index contributed by atoms with van der Waals surface area (Å²) in [4.78, 5) is 14.1. The van der Waals surface area contributed by atoms with Crippen LogP contribution in [-0.4, -0.2) is 40.6 Å². The Hall–Kier alpha value is -2.88. The van der Waals surface area contributed by atoms with Crippen LogP contribution in [0.3, 0.4) is 0 Å². The van der Waals surface area contributed by atoms with E-state index >= 15 is 0 Å². The Balaban J connectivity index is 1.32. The molecule has 7 nitrogen and oxygen atoms in total. The zero-order chi connectivity index (χ0) is 21.8. The van der Waals surface area contributed by atoms with Crippen molar-refractivity contribution in [3.05, 3.63) is 65.0 Å². The second-order valence-corrected chi connectivity index (χ2v) is 9.84. The first kappa shape index (κ1) is 21.4. The Morgan fingerprint density at radius 3 is 2.48 bits per heavy atom. The molecule has 31 heavy (non-hydrogen) atoms. The van der Waals surface area contributed by atoms with E-state index in [1.807, 2.05) is 31.2 Å². The average Bonchev–Trinajstić information content (AvgIpc) is 3.27. The Labute approximate surface area is 185 Å². The summed E-state index contributed by atoms with van der Waals surface area (Å²) in [5.41, 5.74) is 1.93. The predicted molar refractivity (Wildman–Crippen MR) is 119 cm³/mol. The second kappa shape index (κ2) is 9.09. The van der Waals surface area contributed by atoms with Crippen LogP contribution in [-0.2, 0) is 10.0 Å². The topological polar surface area (TPSA) is 93.7 Å². The minimum absolute atomic E-state index is 0.0995. The van der Waals surface area contributed by atoms with E-state index in [0.29, 0.717) is 23.8 Å². The van der Waals surface area contributed by atoms with Crippen LogP contribution in [0.1, 0.15) is 15.2 Å². The molecule has 0 saturated carbocycles. The zero-order valence-electron chi connectivity index (χ0n) is 16.9. The highest BCUT2D eigenvalue weighted by Gasteiger charge is 2.16. The molecule has 0 unspecified atom stereocenters. The summed E-state index contributed by atoms with van der Waals surface area (Å²) >= 11 is 1.36. The van der Waals surface area contributed by atoms with Crippen molar-refractivity contribution in [3.8, 4) is 21.9 Å². The van der Waals surface area contributed by atoms with Crippen LogP contribution >= 0.6 is 11.3 Å². The molecule has 0 fully saturated rings. The highest BCUT2D eigenvalue weighted by Crippen LogP contribution is 2.36. The highest BCUT2D eigenvalue weighted by atomic mass is 32.2. The number of hydrogen-bond acceptors (Lipinski definition) is 6. The summed E-state index contributed by atoms with van der Waals surface area (Å²) in [5.74, 6) is 1.17. The number of carbonyl (C=O) groups excluding carboxylic acids is 1. The summed E-state index contributed by atoms with van der Waals surface area (Å²) < 4.78 is 38.2. The molecule has 2 heterocycles. The molecule has 4 rings (SSSR count). The van der Waals surface area contributed by atoms with Gasteiger partial charge in [-0.1, -0.05) is 17.7 Å². The monoisotopic (exact) mass is 458 g/mol. The Morgan fingerprint density at radius 2 is 1.71 bits per heavy atom. The van der Waals surface area contributed by atoms with Gasteiger partial charge in [0.1, 0.15) is 13.2 Å². The Kier molecular flexibility index (Phi) is 6.26. The first-order chi connectivity index (χ1) is 14.9. The lowest BCUT2D eigenvalue weighted by Gasteiger charge is -2.18. The molecule has 0 spiro atoms. The molecule has 9 heteroatoms. The first-order valence-corrected chi connectivity index (χ1v) is 12.1. The zero-order valence-corrected chi connectivity index (χ0v) is 18.5. The summed E-state index contributed by atoms with van der Waals surface area (Å²) in [6, 6.07) is 15.9. The molecule has 0 radical (unpaired) electrons. The van der Waals surface area contributed by atoms with E-state index in [1.165, 1.54) is 11.3 Å². The van der Waals surface area contributed by atoms with Gasteiger partial charge in [0.05, 0.1) is 9.77 Å². The van der Waals surface area contributed by atoms with Crippen molar-refractivity contribution in [2.24, 2.45) is 0 Å². The molecule has 0 saturated heterocycles. The van der Waals surface area contributed by atoms with Crippen molar-refractivity contribution in [2.45, 2.75) is 11.8 Å². The molecule has 0 atom stereocenters. The molecule has 3 aromatic rings. The van der Waals surface area contributed by atoms with E-state index in [-0.39, 0.29) is 23.9 Å². The average molecular weight is 459 g/mol. The number of aryl methyl sites for hydroxylation is 1. The normalized spacial score (nSPS) is 13.1. The molecule has 1 amide bonds. The van der Waals surface area contributed by atoms with Gasteiger partial charge >= 0.3 is 0 Å². The van der Waals surface area contributed by atoms with Gasteiger partial charge in [-0.2, -0.15) is 0 Å². The van der Waals surface area contributed by atoms with E-state index in [2.05, 4.69) is 10.0 Å². The van der Waals surface area contributed by atoms with Gasteiger partial charge < -0.3 is 14.8 Å². The number of fused-ring (bicyclic) bond motifs is 1. The molecular formula is C22H22N2O5S2. The van der Waals surface area contributed by atoms with Gasteiger partial charge in [0, 0.05) is 18.0 Å². The van der Waals surface area contributed by atoms with E-state index in [9.17, 15) is 13.2 Å². The summed E-state index contributed by atoms with van der Waals surface area (Å²) in [6.45, 7) is 3.23. The van der Waals surface area contributed by atoms with Gasteiger partial charge in [-0.3, -0.25) is 4.79 Å². The van der Waals surface area contributed by atoms with Gasteiger partial charge in [0.25, 0.3) is 5.91 Å². The minimum atomic E-state index is -3.60. The van der Waals surface area contributed by atoms with Crippen LogP contribution in [0.5, 0.6) is 11.5 Å². The summed E-state index contributed by atoms with van der Waals surface area (Å²) in [6.07, 6.45) is 0. The summed E-state index contributed by atoms with van der Waals surface area (Å²) in [7, 11) is -3.60. The van der Waals surface area contributed by atoms with Gasteiger partial charge in [-0.05, 0) is 55.0 Å². The van der Waals surface area contributed by atoms with Crippen molar-refractivity contribution in [1.82, 2.24) is 10.0 Å². The highest BCUT2D eigenvalue weighted by molar-refractivity contribution is 7.89. The lowest BCUT2D eigenvalue weighted by Crippen LogP contribution is -2.34. The van der Waals surface area contributed by atoms with Crippen molar-refractivity contribution in [3.63, 3.8) is 0 Å². The Morgan fingerprint density at radius 1 is 0.968 bits per heavy atom. The third-order valence-electron chi connectivity index (χ3n) is 4.69. The maximum absolute atomic E-state index is 12.4. The standard InChI is InChI=1S/C22H22N2O5S2/c1-15-2-5-17(6-3-15)31(26,27)24-11-10-23-22(25)21-9-8-20(30-21)16-4-7-18-19(14-16)29-13-12-28-18/h2-9,14,24H,10-13H2,1H3,(H,23,25). The number of ether oxygens (including phenoxy) is 2. The third kappa shape index (κ3) is 5.07. The number of hydrogen-bond donors (Lipinski definition) is 2. The quantitative estimate of drug-likeness (QED) is 0.531. The lowest BCUT2D eigenvalue weighted by atomic mass is 10.1. The van der Waals surface area contributed by atoms with Crippen LogP contribution < -0.4 is 19.5 Å². The third-order valence-corrected chi connectivity index (χ3v) is 7.30. The van der Waals surface area contributed by atoms with Crippen LogP contribution in [0, 0.1) is 6.92 Å². The van der Waals surface area contributed by atoms with Crippen molar-refractivity contribution in [1.29, 1.82) is 0 Å². The number of rotatable bonds is 7. The molecule has 1 aliphatic rings. The van der Waals surface area contributed by atoms with E-state index < -0.39 is 10.0 Å². The van der Waals surface area contributed by atoms with Crippen LogP contribution in [0.25, 0.3) is 10.4 Å². The molecule has 0 aliphatic carbocycles. The van der Waals surface area contributed by atoms with Crippen LogP contribution in [0.2, 0.25) is 0 Å². The number of sulfonamides is 1. The van der Waals surface area contributed by atoms with E-state index in [0.717, 1.165) is 21.8 Å². The fourth-order valence-corrected chi connectivity index (χ4v) is 5.01. The molecule has 0 bridgehead atoms. The van der Waals surface area contributed by atoms with Crippen molar-refractivity contribution < 1.29 is 22.7 Å². The molecule has 1 aromatic heterocycles. The maximum atomic E-state index is 12.4. The van der Waals surface area contributed by atoms with Crippen LogP contribution in [0.15, 0.2) is 59.5 Å². The lowest BCUT2D eigenvalue weighted by molar-refractivity contribution is 0.0958. The fraction of sp³-hybridized carbons (Fsp3) is 0.227. The van der Waals surface area contributed by atoms with E-state index in [4.69, 9.17) is 9.47 Å². The largest absolute Gasteiger partial charge is 0.486 e. The number of thiophene rings is 1. The van der Waals surface area contributed by atoms with Gasteiger partial charge in [0.15, 0.2) is 11.5 Å². The molecule has 2 aromatic carbocycles. The van der Waals surface area contributed by atoms with Crippen molar-refractivity contribution >= 4 is 27.3 Å². The molecule has 1 aliphatic heterocycles. The summed E-state index contributed by atoms with van der Waals surface area (Å²) in [5, 5.41) is 2.75. The minimum Gasteiger partial charge on any atom is -0.486 e. The maximum Gasteiger partial charge on any atom is 0.261 e. The number of carbonyl (C=O) groups is 1. The Bertz CT molecular complexity index is 1190. The van der Waals surface area contributed by atoms with E-state index in [1.54, 1.807) is 30.3 Å². The second-order valence-electron chi connectivity index (χ2n) is 6.99. The first-order valence-electron chi connectivity index (χ1n) is 9.77. The number of amides is 1. The fourth-order valence-electron chi connectivity index (χ4n) is 3.06. The molecule has 2 N–H and O–H groups in total. The van der Waals surface area contributed by atoms with Gasteiger partial charge in [0.2, 0.25) is 10.0 Å².